The van der Waals surface area contributed by atoms with Gasteiger partial charge in [0.2, 0.25) is 5.91 Å². The first kappa shape index (κ1) is 11.9. The summed E-state index contributed by atoms with van der Waals surface area (Å²) in [6, 6.07) is 0. The molecule has 0 spiro atoms. The molecule has 1 amide bonds. The highest BCUT2D eigenvalue weighted by Crippen LogP contribution is 2.30. The highest BCUT2D eigenvalue weighted by Gasteiger charge is 2.37. The maximum absolute atomic E-state index is 11.8. The predicted molar refractivity (Wildman–Crippen MR) is 55.2 cm³/mol. The summed E-state index contributed by atoms with van der Waals surface area (Å²) in [5.74, 6) is -0.843. The van der Waals surface area contributed by atoms with Gasteiger partial charge in [-0.1, -0.05) is 0 Å². The second kappa shape index (κ2) is 4.55. The third-order valence-corrected chi connectivity index (χ3v) is 2.90. The summed E-state index contributed by atoms with van der Waals surface area (Å²) in [6.07, 6.45) is 1.56. The minimum atomic E-state index is -0.619. The highest BCUT2D eigenvalue weighted by atomic mass is 16.2. The van der Waals surface area contributed by atoms with Crippen LogP contribution >= 0.6 is 0 Å². The first-order valence-corrected chi connectivity index (χ1v) is 5.16. The Labute approximate surface area is 89.6 Å². The number of Topliss-reactive ketones (excluding diaryl/α,β-unsaturated/α-hetero) is 2. The van der Waals surface area contributed by atoms with Crippen LogP contribution in [-0.4, -0.2) is 36.5 Å². The fraction of sp³-hybridized carbons (Fsp3) is 0.727. The summed E-state index contributed by atoms with van der Waals surface area (Å²) in [6.45, 7) is 1.43. The van der Waals surface area contributed by atoms with Gasteiger partial charge in [0.25, 0.3) is 0 Å². The van der Waals surface area contributed by atoms with Crippen LogP contribution in [0.1, 0.15) is 26.2 Å². The molecular weight excluding hydrogens is 194 g/mol. The fourth-order valence-electron chi connectivity index (χ4n) is 2.11. The Morgan fingerprint density at radius 2 is 2.00 bits per heavy atom. The van der Waals surface area contributed by atoms with Crippen LogP contribution in [0.2, 0.25) is 0 Å². The molecular formula is C11H17NO3. The molecule has 1 aliphatic carbocycles. The van der Waals surface area contributed by atoms with E-state index >= 15 is 0 Å². The Morgan fingerprint density at radius 1 is 1.40 bits per heavy atom. The number of hydrogen-bond donors (Lipinski definition) is 0. The van der Waals surface area contributed by atoms with Crippen molar-refractivity contribution in [2.24, 2.45) is 11.8 Å². The standard InChI is InChI=1S/C11H17NO3/c1-7(13)10(11(15)12(2)3)8-4-5-9(14)6-8/h8,10H,4-6H2,1-3H3. The average Bonchev–Trinajstić information content (AvgIpc) is 2.51. The maximum Gasteiger partial charge on any atom is 0.232 e. The predicted octanol–water partition coefficient (Wildman–Crippen LogP) is 0.649. The van der Waals surface area contributed by atoms with Gasteiger partial charge in [-0.3, -0.25) is 14.4 Å². The van der Waals surface area contributed by atoms with Crippen LogP contribution in [0.5, 0.6) is 0 Å². The largest absolute Gasteiger partial charge is 0.348 e. The number of carbonyl (C=O) groups excluding carboxylic acids is 3. The maximum atomic E-state index is 11.8. The van der Waals surface area contributed by atoms with E-state index in [4.69, 9.17) is 0 Å². The van der Waals surface area contributed by atoms with Crippen LogP contribution in [0.15, 0.2) is 0 Å². The zero-order chi connectivity index (χ0) is 11.6. The molecule has 0 aromatic carbocycles. The van der Waals surface area contributed by atoms with E-state index in [1.807, 2.05) is 0 Å². The minimum absolute atomic E-state index is 0.0788. The van der Waals surface area contributed by atoms with Crippen LogP contribution in [0, 0.1) is 11.8 Å². The lowest BCUT2D eigenvalue weighted by Crippen LogP contribution is -2.37. The second-order valence-electron chi connectivity index (χ2n) is 4.36. The van der Waals surface area contributed by atoms with Crippen molar-refractivity contribution in [3.05, 3.63) is 0 Å². The zero-order valence-corrected chi connectivity index (χ0v) is 9.45. The fourth-order valence-corrected chi connectivity index (χ4v) is 2.11. The van der Waals surface area contributed by atoms with Gasteiger partial charge in [0.15, 0.2) is 0 Å². The van der Waals surface area contributed by atoms with E-state index < -0.39 is 5.92 Å². The lowest BCUT2D eigenvalue weighted by Gasteiger charge is -2.22. The van der Waals surface area contributed by atoms with Crippen LogP contribution in [-0.2, 0) is 14.4 Å². The number of rotatable bonds is 3. The number of carbonyl (C=O) groups is 3. The van der Waals surface area contributed by atoms with Crippen molar-refractivity contribution in [1.82, 2.24) is 4.90 Å². The Morgan fingerprint density at radius 3 is 2.33 bits per heavy atom. The van der Waals surface area contributed by atoms with Crippen LogP contribution in [0.4, 0.5) is 0 Å². The number of ketones is 2. The molecule has 4 heteroatoms. The van der Waals surface area contributed by atoms with Crippen molar-refractivity contribution in [2.75, 3.05) is 14.1 Å². The minimum Gasteiger partial charge on any atom is -0.348 e. The van der Waals surface area contributed by atoms with E-state index in [9.17, 15) is 14.4 Å². The summed E-state index contributed by atoms with van der Waals surface area (Å²) < 4.78 is 0. The number of hydrogen-bond acceptors (Lipinski definition) is 3. The van der Waals surface area contributed by atoms with Crippen molar-refractivity contribution in [2.45, 2.75) is 26.2 Å². The normalized spacial score (nSPS) is 22.6. The van der Waals surface area contributed by atoms with Gasteiger partial charge in [-0.05, 0) is 19.3 Å². The molecule has 0 radical (unpaired) electrons. The van der Waals surface area contributed by atoms with E-state index in [2.05, 4.69) is 0 Å². The molecule has 0 N–H and O–H groups in total. The van der Waals surface area contributed by atoms with Gasteiger partial charge in [-0.15, -0.1) is 0 Å². The molecule has 0 aromatic heterocycles. The molecule has 4 nitrogen and oxygen atoms in total. The van der Waals surface area contributed by atoms with Gasteiger partial charge < -0.3 is 4.90 Å². The molecule has 0 aliphatic heterocycles. The summed E-state index contributed by atoms with van der Waals surface area (Å²) in [5.41, 5.74) is 0. The SMILES string of the molecule is CC(=O)C(C(=O)N(C)C)C1CCC(=O)C1. The van der Waals surface area contributed by atoms with Gasteiger partial charge in [-0.25, -0.2) is 0 Å². The lowest BCUT2D eigenvalue weighted by atomic mass is 9.87. The van der Waals surface area contributed by atoms with Crippen molar-refractivity contribution in [1.29, 1.82) is 0 Å². The summed E-state index contributed by atoms with van der Waals surface area (Å²) in [5, 5.41) is 0. The van der Waals surface area contributed by atoms with E-state index in [1.165, 1.54) is 11.8 Å². The quantitative estimate of drug-likeness (QED) is 0.644. The zero-order valence-electron chi connectivity index (χ0n) is 9.45. The van der Waals surface area contributed by atoms with E-state index in [0.29, 0.717) is 19.3 Å². The van der Waals surface area contributed by atoms with Gasteiger partial charge >= 0.3 is 0 Å². The van der Waals surface area contributed by atoms with E-state index in [1.54, 1.807) is 14.1 Å². The molecule has 1 saturated carbocycles. The first-order valence-electron chi connectivity index (χ1n) is 5.16. The number of nitrogens with zero attached hydrogens (tertiary/aromatic N) is 1. The molecule has 2 atom stereocenters. The Bertz CT molecular complexity index is 296. The van der Waals surface area contributed by atoms with Crippen molar-refractivity contribution < 1.29 is 14.4 Å². The topological polar surface area (TPSA) is 54.5 Å². The van der Waals surface area contributed by atoms with Gasteiger partial charge in [-0.2, -0.15) is 0 Å². The van der Waals surface area contributed by atoms with Gasteiger partial charge in [0, 0.05) is 26.9 Å². The smallest absolute Gasteiger partial charge is 0.232 e. The van der Waals surface area contributed by atoms with Gasteiger partial charge in [0.05, 0.1) is 5.92 Å². The molecule has 1 aliphatic rings. The average molecular weight is 211 g/mol. The molecule has 0 bridgehead atoms. The molecule has 2 unspecified atom stereocenters. The molecule has 0 aromatic rings. The van der Waals surface area contributed by atoms with Crippen molar-refractivity contribution >= 4 is 17.5 Å². The molecule has 1 fully saturated rings. The highest BCUT2D eigenvalue weighted by molar-refractivity contribution is 6.01. The Hall–Kier alpha value is -1.19. The summed E-state index contributed by atoms with van der Waals surface area (Å²) in [4.78, 5) is 35.8. The molecule has 0 saturated heterocycles. The lowest BCUT2D eigenvalue weighted by molar-refractivity contribution is -0.140. The van der Waals surface area contributed by atoms with Crippen LogP contribution < -0.4 is 0 Å². The van der Waals surface area contributed by atoms with Crippen LogP contribution in [0.3, 0.4) is 0 Å². The Kier molecular flexibility index (Phi) is 3.61. The third-order valence-electron chi connectivity index (χ3n) is 2.90. The van der Waals surface area contributed by atoms with Gasteiger partial charge in [0.1, 0.15) is 11.6 Å². The Balaban J connectivity index is 2.79. The monoisotopic (exact) mass is 211 g/mol. The third kappa shape index (κ3) is 2.64. The molecule has 15 heavy (non-hydrogen) atoms. The van der Waals surface area contributed by atoms with Crippen molar-refractivity contribution in [3.63, 3.8) is 0 Å². The summed E-state index contributed by atoms with van der Waals surface area (Å²) in [7, 11) is 3.27. The van der Waals surface area contributed by atoms with Crippen molar-refractivity contribution in [3.8, 4) is 0 Å². The second-order valence-corrected chi connectivity index (χ2v) is 4.36. The summed E-state index contributed by atoms with van der Waals surface area (Å²) >= 11 is 0. The van der Waals surface area contributed by atoms with Crippen LogP contribution in [0.25, 0.3) is 0 Å². The first-order chi connectivity index (χ1) is 6.93. The number of amides is 1. The molecule has 1 rings (SSSR count). The molecule has 84 valence electrons. The van der Waals surface area contributed by atoms with E-state index in [0.717, 1.165) is 0 Å². The molecule has 0 heterocycles. The van der Waals surface area contributed by atoms with E-state index in [-0.39, 0.29) is 23.4 Å².